The topological polar surface area (TPSA) is 104 Å². The monoisotopic (exact) mass is 400 g/mol. The number of rotatable bonds is 2. The second kappa shape index (κ2) is 7.32. The van der Waals surface area contributed by atoms with Crippen LogP contribution in [-0.4, -0.2) is 31.4 Å². The van der Waals surface area contributed by atoms with E-state index in [4.69, 9.17) is 0 Å². The Labute approximate surface area is 170 Å². The Hall–Kier alpha value is -4.20. The van der Waals surface area contributed by atoms with E-state index in [1.807, 2.05) is 36.4 Å². The lowest BCUT2D eigenvalue weighted by Crippen LogP contribution is -2.44. The first-order valence-electron chi connectivity index (χ1n) is 9.13. The molecule has 8 nitrogen and oxygen atoms in total. The highest BCUT2D eigenvalue weighted by molar-refractivity contribution is 6.01. The van der Waals surface area contributed by atoms with Gasteiger partial charge in [0.05, 0.1) is 5.39 Å². The van der Waals surface area contributed by atoms with Crippen molar-refractivity contribution in [2.45, 2.75) is 13.8 Å². The lowest BCUT2D eigenvalue weighted by Gasteiger charge is -2.15. The maximum absolute atomic E-state index is 13.4. The van der Waals surface area contributed by atoms with Gasteiger partial charge in [0.25, 0.3) is 5.56 Å². The molecule has 2 heterocycles. The Bertz CT molecular complexity index is 1420. The summed E-state index contributed by atoms with van der Waals surface area (Å²) in [6.07, 6.45) is 0. The van der Waals surface area contributed by atoms with Gasteiger partial charge in [-0.3, -0.25) is 19.2 Å². The third-order valence-corrected chi connectivity index (χ3v) is 4.68. The van der Waals surface area contributed by atoms with Crippen molar-refractivity contribution in [2.75, 3.05) is 0 Å². The van der Waals surface area contributed by atoms with Gasteiger partial charge in [0.2, 0.25) is 11.8 Å². The zero-order chi connectivity index (χ0) is 21.4. The van der Waals surface area contributed by atoms with E-state index in [1.54, 1.807) is 24.3 Å². The summed E-state index contributed by atoms with van der Waals surface area (Å²) < 4.78 is 1.05. The summed E-state index contributed by atoms with van der Waals surface area (Å²) in [6, 6.07) is 18.0. The van der Waals surface area contributed by atoms with E-state index in [0.29, 0.717) is 31.7 Å². The van der Waals surface area contributed by atoms with Gasteiger partial charge in [-0.1, -0.05) is 60.7 Å². The molecule has 0 spiro atoms. The van der Waals surface area contributed by atoms with Crippen LogP contribution in [0.2, 0.25) is 0 Å². The van der Waals surface area contributed by atoms with Crippen LogP contribution in [0, 0.1) is 0 Å². The van der Waals surface area contributed by atoms with Gasteiger partial charge in [-0.25, -0.2) is 0 Å². The fraction of sp³-hybridized carbons (Fsp3) is 0.0909. The second-order valence-electron chi connectivity index (χ2n) is 6.65. The van der Waals surface area contributed by atoms with Gasteiger partial charge >= 0.3 is 5.56 Å². The highest BCUT2D eigenvalue weighted by Crippen LogP contribution is 2.33. The van der Waals surface area contributed by atoms with E-state index in [-0.39, 0.29) is 10.9 Å². The highest BCUT2D eigenvalue weighted by atomic mass is 16.2. The van der Waals surface area contributed by atoms with E-state index in [1.165, 1.54) is 0 Å². The Morgan fingerprint density at radius 1 is 0.700 bits per heavy atom. The number of benzene rings is 2. The van der Waals surface area contributed by atoms with Crippen LogP contribution in [0.1, 0.15) is 23.4 Å². The lowest BCUT2D eigenvalue weighted by atomic mass is 9.96. The minimum absolute atomic E-state index is 0.0623. The standard InChI is InChI=1S/C22H16N4O4/c1-13(27)25-21(29)18-17(15-9-5-3-6-10-15)19(16-11-7-4-8-12-16)23-24-20(18)22(30)26(25)14(2)28/h3-12H,1-2H3. The molecule has 0 saturated heterocycles. The number of carbonyl (C=O) groups is 2. The van der Waals surface area contributed by atoms with Gasteiger partial charge in [-0.05, 0) is 5.56 Å². The van der Waals surface area contributed by atoms with Gasteiger partial charge in [0, 0.05) is 25.0 Å². The van der Waals surface area contributed by atoms with Gasteiger partial charge in [-0.2, -0.15) is 9.36 Å². The largest absolute Gasteiger partial charge is 0.301 e. The zero-order valence-electron chi connectivity index (χ0n) is 16.2. The molecule has 0 aliphatic rings. The van der Waals surface area contributed by atoms with Crippen LogP contribution in [0.4, 0.5) is 0 Å². The lowest BCUT2D eigenvalue weighted by molar-refractivity contribution is 0.0808. The second-order valence-corrected chi connectivity index (χ2v) is 6.65. The summed E-state index contributed by atoms with van der Waals surface area (Å²) in [5.74, 6) is -1.53. The third kappa shape index (κ3) is 2.95. The average Bonchev–Trinajstić information content (AvgIpc) is 2.75. The van der Waals surface area contributed by atoms with Gasteiger partial charge < -0.3 is 0 Å². The van der Waals surface area contributed by atoms with Crippen LogP contribution in [-0.2, 0) is 0 Å². The van der Waals surface area contributed by atoms with Crippen molar-refractivity contribution in [3.63, 3.8) is 0 Å². The molecule has 0 amide bonds. The number of hydrogen-bond donors (Lipinski definition) is 0. The van der Waals surface area contributed by atoms with Crippen LogP contribution in [0.15, 0.2) is 70.3 Å². The first kappa shape index (κ1) is 19.1. The minimum atomic E-state index is -0.878. The predicted octanol–water partition coefficient (Wildman–Crippen LogP) is 2.61. The SMILES string of the molecule is CC(=O)n1c(=O)c2nnc(-c3ccccc3)c(-c3ccccc3)c2c(=O)n1C(C)=O. The van der Waals surface area contributed by atoms with Crippen molar-refractivity contribution in [1.29, 1.82) is 0 Å². The molecule has 8 heteroatoms. The Balaban J connectivity index is 2.29. The summed E-state index contributed by atoms with van der Waals surface area (Å²) >= 11 is 0. The molecule has 0 bridgehead atoms. The van der Waals surface area contributed by atoms with E-state index < -0.39 is 22.9 Å². The quantitative estimate of drug-likeness (QED) is 0.512. The Kier molecular flexibility index (Phi) is 4.67. The average molecular weight is 400 g/mol. The molecule has 0 radical (unpaired) electrons. The summed E-state index contributed by atoms with van der Waals surface area (Å²) in [7, 11) is 0. The zero-order valence-corrected chi connectivity index (χ0v) is 16.2. The summed E-state index contributed by atoms with van der Waals surface area (Å²) in [5, 5.41) is 8.15. The fourth-order valence-electron chi connectivity index (χ4n) is 3.43. The van der Waals surface area contributed by atoms with Gasteiger partial charge in [0.1, 0.15) is 5.69 Å². The molecule has 0 fully saturated rings. The fourth-order valence-corrected chi connectivity index (χ4v) is 3.43. The molecule has 0 aliphatic heterocycles. The molecule has 0 aliphatic carbocycles. The highest BCUT2D eigenvalue weighted by Gasteiger charge is 2.25. The van der Waals surface area contributed by atoms with E-state index >= 15 is 0 Å². The third-order valence-electron chi connectivity index (χ3n) is 4.68. The van der Waals surface area contributed by atoms with Crippen LogP contribution < -0.4 is 11.1 Å². The molecular formula is C22H16N4O4. The molecular weight excluding hydrogens is 384 g/mol. The molecule has 0 atom stereocenters. The summed E-state index contributed by atoms with van der Waals surface area (Å²) in [4.78, 5) is 50.6. The van der Waals surface area contributed by atoms with Crippen molar-refractivity contribution in [1.82, 2.24) is 19.6 Å². The van der Waals surface area contributed by atoms with Crippen LogP contribution in [0.3, 0.4) is 0 Å². The summed E-state index contributed by atoms with van der Waals surface area (Å²) in [5.41, 5.74) is 0.126. The first-order chi connectivity index (χ1) is 14.4. The molecule has 0 N–H and O–H groups in total. The van der Waals surface area contributed by atoms with E-state index in [2.05, 4.69) is 10.2 Å². The molecule has 0 unspecified atom stereocenters. The Morgan fingerprint density at radius 3 is 1.73 bits per heavy atom. The number of hydrogen-bond acceptors (Lipinski definition) is 6. The Morgan fingerprint density at radius 2 is 1.20 bits per heavy atom. The van der Waals surface area contributed by atoms with Gasteiger partial charge in [-0.15, -0.1) is 10.2 Å². The molecule has 0 saturated carbocycles. The molecule has 4 aromatic rings. The van der Waals surface area contributed by atoms with Crippen LogP contribution in [0.5, 0.6) is 0 Å². The predicted molar refractivity (Wildman–Crippen MR) is 112 cm³/mol. The van der Waals surface area contributed by atoms with Crippen molar-refractivity contribution < 1.29 is 9.59 Å². The maximum Gasteiger partial charge on any atom is 0.301 e. The molecule has 2 aromatic heterocycles. The number of carbonyl (C=O) groups excluding carboxylic acids is 2. The molecule has 148 valence electrons. The van der Waals surface area contributed by atoms with Crippen molar-refractivity contribution in [2.24, 2.45) is 0 Å². The number of nitrogens with zero attached hydrogens (tertiary/aromatic N) is 4. The number of fused-ring (bicyclic) bond motifs is 1. The van der Waals surface area contributed by atoms with E-state index in [0.717, 1.165) is 13.8 Å². The van der Waals surface area contributed by atoms with E-state index in [9.17, 15) is 19.2 Å². The van der Waals surface area contributed by atoms with Gasteiger partial charge in [0.15, 0.2) is 5.52 Å². The number of aromatic nitrogens is 4. The van der Waals surface area contributed by atoms with Crippen LogP contribution in [0.25, 0.3) is 33.3 Å². The maximum atomic E-state index is 13.4. The van der Waals surface area contributed by atoms with Crippen molar-refractivity contribution >= 4 is 22.7 Å². The smallest absolute Gasteiger partial charge is 0.273 e. The van der Waals surface area contributed by atoms with Crippen molar-refractivity contribution in [3.8, 4) is 22.4 Å². The van der Waals surface area contributed by atoms with Crippen molar-refractivity contribution in [3.05, 3.63) is 81.4 Å². The molecule has 30 heavy (non-hydrogen) atoms. The molecule has 2 aromatic carbocycles. The summed E-state index contributed by atoms with van der Waals surface area (Å²) in [6.45, 7) is 2.21. The first-order valence-corrected chi connectivity index (χ1v) is 9.13. The minimum Gasteiger partial charge on any atom is -0.273 e. The normalized spacial score (nSPS) is 10.9. The van der Waals surface area contributed by atoms with Crippen LogP contribution >= 0.6 is 0 Å². The molecule has 4 rings (SSSR count).